The second-order valence-electron chi connectivity index (χ2n) is 9.12. The van der Waals surface area contributed by atoms with Crippen molar-refractivity contribution in [2.45, 2.75) is 63.4 Å². The standard InChI is InChI=1S/C23H34N4O6S/c1-16(2)20(21(28)25-23(24)30)33-22(29)17-9-10-18(26-11-5-3-6-12-26)19(15-17)34(31,32)27-13-7-4-8-14-27/h9-10,15-16,20H,3-8,11-14H2,1-2H3,(H3,24,25,28,30). The molecule has 1 unspecified atom stereocenters. The van der Waals surface area contributed by atoms with E-state index in [0.717, 1.165) is 51.6 Å². The molecule has 0 bridgehead atoms. The fourth-order valence-corrected chi connectivity index (χ4v) is 6.11. The van der Waals surface area contributed by atoms with Gasteiger partial charge in [0, 0.05) is 26.2 Å². The summed E-state index contributed by atoms with van der Waals surface area (Å²) in [7, 11) is -3.83. The van der Waals surface area contributed by atoms with E-state index >= 15 is 0 Å². The first-order chi connectivity index (χ1) is 16.1. The highest BCUT2D eigenvalue weighted by molar-refractivity contribution is 7.89. The minimum absolute atomic E-state index is 0.0221. The summed E-state index contributed by atoms with van der Waals surface area (Å²) in [4.78, 5) is 38.4. The first-order valence-electron chi connectivity index (χ1n) is 11.8. The van der Waals surface area contributed by atoms with Gasteiger partial charge in [-0.1, -0.05) is 20.3 Å². The number of imide groups is 1. The van der Waals surface area contributed by atoms with Gasteiger partial charge < -0.3 is 15.4 Å². The van der Waals surface area contributed by atoms with Crippen molar-refractivity contribution < 1.29 is 27.5 Å². The molecule has 2 saturated heterocycles. The smallest absolute Gasteiger partial charge is 0.338 e. The average molecular weight is 495 g/mol. The lowest BCUT2D eigenvalue weighted by Gasteiger charge is -2.33. The largest absolute Gasteiger partial charge is 0.448 e. The number of amides is 3. The molecular weight excluding hydrogens is 460 g/mol. The average Bonchev–Trinajstić information content (AvgIpc) is 2.82. The van der Waals surface area contributed by atoms with Crippen LogP contribution in [0.5, 0.6) is 0 Å². The summed E-state index contributed by atoms with van der Waals surface area (Å²) < 4.78 is 34.1. The Balaban J connectivity index is 1.95. The Morgan fingerprint density at radius 1 is 0.971 bits per heavy atom. The van der Waals surface area contributed by atoms with Gasteiger partial charge in [-0.15, -0.1) is 0 Å². The van der Waals surface area contributed by atoms with Crippen molar-refractivity contribution in [1.29, 1.82) is 0 Å². The van der Waals surface area contributed by atoms with Gasteiger partial charge >= 0.3 is 12.0 Å². The zero-order valence-electron chi connectivity index (χ0n) is 19.8. The molecule has 2 fully saturated rings. The number of piperidine rings is 2. The first-order valence-corrected chi connectivity index (χ1v) is 13.3. The van der Waals surface area contributed by atoms with E-state index < -0.39 is 40.0 Å². The Morgan fingerprint density at radius 2 is 1.56 bits per heavy atom. The fraction of sp³-hybridized carbons (Fsp3) is 0.609. The van der Waals surface area contributed by atoms with E-state index in [0.29, 0.717) is 18.8 Å². The van der Waals surface area contributed by atoms with E-state index in [1.807, 2.05) is 10.2 Å². The van der Waals surface area contributed by atoms with Crippen LogP contribution in [0, 0.1) is 5.92 Å². The molecule has 3 rings (SSSR count). The Morgan fingerprint density at radius 3 is 2.12 bits per heavy atom. The summed E-state index contributed by atoms with van der Waals surface area (Å²) in [6.07, 6.45) is 4.36. The van der Waals surface area contributed by atoms with E-state index in [9.17, 15) is 22.8 Å². The molecular formula is C23H34N4O6S. The van der Waals surface area contributed by atoms with Crippen LogP contribution in [0.25, 0.3) is 0 Å². The van der Waals surface area contributed by atoms with Crippen LogP contribution >= 0.6 is 0 Å². The molecule has 2 aliphatic rings. The van der Waals surface area contributed by atoms with Crippen LogP contribution in [-0.4, -0.2) is 62.9 Å². The Labute approximate surface area is 200 Å². The van der Waals surface area contributed by atoms with Crippen LogP contribution in [0.4, 0.5) is 10.5 Å². The summed E-state index contributed by atoms with van der Waals surface area (Å²) in [6.45, 7) is 5.69. The zero-order chi connectivity index (χ0) is 24.9. The molecule has 1 atom stereocenters. The highest BCUT2D eigenvalue weighted by Gasteiger charge is 2.33. The molecule has 3 amide bonds. The number of benzene rings is 1. The van der Waals surface area contributed by atoms with Gasteiger partial charge in [-0.2, -0.15) is 4.31 Å². The topological polar surface area (TPSA) is 139 Å². The van der Waals surface area contributed by atoms with Gasteiger partial charge in [0.15, 0.2) is 6.10 Å². The van der Waals surface area contributed by atoms with Gasteiger partial charge in [0.1, 0.15) is 4.90 Å². The number of hydrogen-bond donors (Lipinski definition) is 2. The van der Waals surface area contributed by atoms with Gasteiger partial charge in [0.2, 0.25) is 10.0 Å². The fourth-order valence-electron chi connectivity index (χ4n) is 4.36. The first kappa shape index (κ1) is 26.0. The van der Waals surface area contributed by atoms with Crippen LogP contribution in [-0.2, 0) is 19.6 Å². The molecule has 0 radical (unpaired) electrons. The minimum atomic E-state index is -3.83. The maximum absolute atomic E-state index is 13.6. The number of urea groups is 1. The van der Waals surface area contributed by atoms with Crippen molar-refractivity contribution in [2.75, 3.05) is 31.1 Å². The summed E-state index contributed by atoms with van der Waals surface area (Å²) in [5.74, 6) is -2.12. The lowest BCUT2D eigenvalue weighted by Crippen LogP contribution is -2.45. The molecule has 0 saturated carbocycles. The van der Waals surface area contributed by atoms with E-state index in [-0.39, 0.29) is 10.5 Å². The second-order valence-corrected chi connectivity index (χ2v) is 11.0. The highest BCUT2D eigenvalue weighted by atomic mass is 32.2. The third kappa shape index (κ3) is 6.06. The lowest BCUT2D eigenvalue weighted by atomic mass is 10.1. The zero-order valence-corrected chi connectivity index (χ0v) is 20.6. The number of nitrogens with two attached hydrogens (primary N) is 1. The number of nitrogens with one attached hydrogen (secondary N) is 1. The van der Waals surface area contributed by atoms with E-state index in [4.69, 9.17) is 10.5 Å². The number of esters is 1. The summed E-state index contributed by atoms with van der Waals surface area (Å²) in [6, 6.07) is 3.46. The van der Waals surface area contributed by atoms with Crippen LogP contribution in [0.3, 0.4) is 0 Å². The van der Waals surface area contributed by atoms with Gasteiger partial charge in [-0.25, -0.2) is 18.0 Å². The van der Waals surface area contributed by atoms with E-state index in [1.165, 1.54) is 16.4 Å². The molecule has 0 spiro atoms. The Kier molecular flexibility index (Phi) is 8.53. The monoisotopic (exact) mass is 494 g/mol. The van der Waals surface area contributed by atoms with Crippen molar-refractivity contribution >= 4 is 33.6 Å². The number of nitrogens with zero attached hydrogens (tertiary/aromatic N) is 2. The van der Waals surface area contributed by atoms with Gasteiger partial charge in [0.25, 0.3) is 5.91 Å². The van der Waals surface area contributed by atoms with Gasteiger partial charge in [0.05, 0.1) is 11.3 Å². The lowest BCUT2D eigenvalue weighted by molar-refractivity contribution is -0.130. The number of anilines is 1. The van der Waals surface area contributed by atoms with Gasteiger partial charge in [-0.05, 0) is 56.2 Å². The number of carbonyl (C=O) groups is 3. The number of carbonyl (C=O) groups excluding carboxylic acids is 3. The molecule has 188 valence electrons. The number of sulfonamides is 1. The van der Waals surface area contributed by atoms with Crippen molar-refractivity contribution in [2.24, 2.45) is 11.7 Å². The summed E-state index contributed by atoms with van der Waals surface area (Å²) in [5, 5.41) is 1.93. The van der Waals surface area contributed by atoms with Crippen molar-refractivity contribution in [3.05, 3.63) is 23.8 Å². The molecule has 34 heavy (non-hydrogen) atoms. The third-order valence-corrected chi connectivity index (χ3v) is 8.10. The molecule has 0 aliphatic carbocycles. The molecule has 11 heteroatoms. The predicted molar refractivity (Wildman–Crippen MR) is 127 cm³/mol. The molecule has 10 nitrogen and oxygen atoms in total. The van der Waals surface area contributed by atoms with Crippen molar-refractivity contribution in [1.82, 2.24) is 9.62 Å². The van der Waals surface area contributed by atoms with Crippen molar-refractivity contribution in [3.63, 3.8) is 0 Å². The molecule has 1 aromatic carbocycles. The molecule has 3 N–H and O–H groups in total. The minimum Gasteiger partial charge on any atom is -0.448 e. The SMILES string of the molecule is CC(C)C(OC(=O)c1ccc(N2CCCCC2)c(S(=O)(=O)N2CCCCC2)c1)C(=O)NC(N)=O. The second kappa shape index (κ2) is 11.2. The molecule has 2 heterocycles. The predicted octanol–water partition coefficient (Wildman–Crippen LogP) is 2.23. The summed E-state index contributed by atoms with van der Waals surface area (Å²) >= 11 is 0. The Bertz CT molecular complexity index is 1010. The normalized spacial score (nSPS) is 18.4. The van der Waals surface area contributed by atoms with E-state index in [1.54, 1.807) is 19.9 Å². The Hall–Kier alpha value is -2.66. The number of hydrogen-bond acceptors (Lipinski definition) is 7. The maximum atomic E-state index is 13.6. The summed E-state index contributed by atoms with van der Waals surface area (Å²) in [5.41, 5.74) is 5.61. The van der Waals surface area contributed by atoms with Crippen LogP contribution in [0.1, 0.15) is 62.7 Å². The van der Waals surface area contributed by atoms with Crippen molar-refractivity contribution in [3.8, 4) is 0 Å². The molecule has 1 aromatic rings. The molecule has 2 aliphatic heterocycles. The van der Waals surface area contributed by atoms with E-state index in [2.05, 4.69) is 0 Å². The number of ether oxygens (including phenoxy) is 1. The maximum Gasteiger partial charge on any atom is 0.338 e. The van der Waals surface area contributed by atoms with Crippen LogP contribution < -0.4 is 16.0 Å². The number of rotatable bonds is 7. The molecule has 0 aromatic heterocycles. The third-order valence-electron chi connectivity index (χ3n) is 6.17. The highest BCUT2D eigenvalue weighted by Crippen LogP contribution is 2.32. The number of primary amides is 1. The van der Waals surface area contributed by atoms with Gasteiger partial charge in [-0.3, -0.25) is 10.1 Å². The van der Waals surface area contributed by atoms with Crippen LogP contribution in [0.15, 0.2) is 23.1 Å². The van der Waals surface area contributed by atoms with Crippen LogP contribution in [0.2, 0.25) is 0 Å². The quantitative estimate of drug-likeness (QED) is 0.554.